The Morgan fingerprint density at radius 1 is 1.12 bits per heavy atom. The third kappa shape index (κ3) is 6.38. The van der Waals surface area contributed by atoms with Crippen LogP contribution in [0.25, 0.3) is 0 Å². The van der Waals surface area contributed by atoms with Gasteiger partial charge in [0.1, 0.15) is 5.82 Å². The molecule has 2 rings (SSSR count). The number of nitrogens with zero attached hydrogens (tertiary/aromatic N) is 2. The maximum absolute atomic E-state index is 13.1. The summed E-state index contributed by atoms with van der Waals surface area (Å²) >= 11 is 5.27. The second kappa shape index (κ2) is 10.2. The number of hydrogen-bond acceptors (Lipinski definition) is 4. The molecule has 0 aromatic heterocycles. The van der Waals surface area contributed by atoms with Gasteiger partial charge in [-0.1, -0.05) is 12.2 Å². The van der Waals surface area contributed by atoms with E-state index in [1.807, 2.05) is 0 Å². The van der Waals surface area contributed by atoms with Gasteiger partial charge >= 0.3 is 6.09 Å². The zero-order valence-electron chi connectivity index (χ0n) is 19.0. The van der Waals surface area contributed by atoms with Gasteiger partial charge in [-0.2, -0.15) is 0 Å². The first-order valence-electron chi connectivity index (χ1n) is 10.4. The summed E-state index contributed by atoms with van der Waals surface area (Å²) in [5.74, 6) is -1.37. The fourth-order valence-corrected chi connectivity index (χ4v) is 4.27. The lowest BCUT2D eigenvalue weighted by Gasteiger charge is -2.47. The lowest BCUT2D eigenvalue weighted by Crippen LogP contribution is -2.62. The van der Waals surface area contributed by atoms with Crippen LogP contribution in [0.2, 0.25) is 0 Å². The van der Waals surface area contributed by atoms with Gasteiger partial charge in [0, 0.05) is 37.3 Å². The maximum atomic E-state index is 13.1. The Kier molecular flexibility index (Phi) is 8.17. The molecule has 0 aliphatic heterocycles. The Bertz CT molecular complexity index is 870. The first-order valence-corrected chi connectivity index (χ1v) is 10.8. The van der Waals surface area contributed by atoms with Crippen molar-refractivity contribution in [2.24, 2.45) is 5.92 Å². The van der Waals surface area contributed by atoms with Crippen LogP contribution in [0.1, 0.15) is 40.0 Å². The van der Waals surface area contributed by atoms with E-state index in [9.17, 15) is 23.9 Å². The maximum Gasteiger partial charge on any atom is 0.408 e. The monoisotopic (exact) mass is 466 g/mol. The Morgan fingerprint density at radius 2 is 1.72 bits per heavy atom. The Balaban J connectivity index is 2.21. The molecule has 0 radical (unpaired) electrons. The molecule has 2 unspecified atom stereocenters. The average Bonchev–Trinajstić information content (AvgIpc) is 2.68. The number of carbonyl (C=O) groups is 3. The van der Waals surface area contributed by atoms with Gasteiger partial charge in [-0.15, -0.1) is 0 Å². The number of benzene rings is 1. The Hall–Kier alpha value is -2.75. The highest BCUT2D eigenvalue weighted by Gasteiger charge is 2.43. The van der Waals surface area contributed by atoms with Crippen molar-refractivity contribution in [2.45, 2.75) is 57.7 Å². The van der Waals surface area contributed by atoms with Crippen LogP contribution in [0.15, 0.2) is 24.3 Å². The second-order valence-electron chi connectivity index (χ2n) is 9.17. The number of amides is 3. The first-order chi connectivity index (χ1) is 14.8. The molecule has 1 aromatic carbocycles. The number of carbonyl (C=O) groups excluding carboxylic acids is 2. The molecule has 0 spiro atoms. The molecule has 176 valence electrons. The fourth-order valence-electron chi connectivity index (χ4n) is 4.07. The molecular formula is C22H31FN4O4S. The molecule has 0 saturated heterocycles. The van der Waals surface area contributed by atoms with E-state index in [1.165, 1.54) is 34.1 Å². The minimum atomic E-state index is -1.10. The number of rotatable bonds is 4. The molecule has 1 fully saturated rings. The molecule has 1 saturated carbocycles. The summed E-state index contributed by atoms with van der Waals surface area (Å²) in [6.45, 7) is 5.36. The van der Waals surface area contributed by atoms with E-state index in [2.05, 4.69) is 10.6 Å². The molecule has 1 aliphatic carbocycles. The van der Waals surface area contributed by atoms with Crippen molar-refractivity contribution in [2.75, 3.05) is 19.4 Å². The molecule has 1 aliphatic rings. The van der Waals surface area contributed by atoms with Crippen LogP contribution in [0.4, 0.5) is 14.9 Å². The van der Waals surface area contributed by atoms with Gasteiger partial charge in [0.2, 0.25) is 5.91 Å². The Labute approximate surface area is 193 Å². The lowest BCUT2D eigenvalue weighted by atomic mass is 9.79. The van der Waals surface area contributed by atoms with Crippen LogP contribution in [0.3, 0.4) is 0 Å². The number of carboxylic acid groups (broad SMARTS) is 1. The highest BCUT2D eigenvalue weighted by molar-refractivity contribution is 7.82. The van der Waals surface area contributed by atoms with E-state index >= 15 is 0 Å². The fraction of sp³-hybridized carbons (Fsp3) is 0.545. The van der Waals surface area contributed by atoms with Gasteiger partial charge in [0.15, 0.2) is 4.99 Å². The van der Waals surface area contributed by atoms with Crippen molar-refractivity contribution in [1.82, 2.24) is 15.1 Å². The SMILES string of the molecule is CN(C)C(=O)[C@H]1CCC(NC(=S)C(=O)Nc2ccc(F)cc2)C(N(C(=O)O)C(C)(C)C)C1. The van der Waals surface area contributed by atoms with Gasteiger partial charge in [-0.25, -0.2) is 9.18 Å². The van der Waals surface area contributed by atoms with Gasteiger partial charge in [0.25, 0.3) is 5.91 Å². The molecule has 3 N–H and O–H groups in total. The summed E-state index contributed by atoms with van der Waals surface area (Å²) in [5, 5.41) is 15.5. The zero-order valence-corrected chi connectivity index (χ0v) is 19.8. The standard InChI is InChI=1S/C22H31FN4O4S/c1-22(2,3)27(21(30)31)17-12-13(20(29)26(4)5)6-11-16(17)25-19(32)18(28)24-15-9-7-14(23)8-10-15/h7-10,13,16-17H,6,11-12H2,1-5H3,(H,24,28)(H,25,32)(H,30,31)/t13-,16?,17?/m0/s1. The van der Waals surface area contributed by atoms with Gasteiger partial charge in [0.05, 0.1) is 6.04 Å². The number of anilines is 1. The van der Waals surface area contributed by atoms with Gasteiger partial charge in [-0.05, 0) is 64.3 Å². The lowest BCUT2D eigenvalue weighted by molar-refractivity contribution is -0.135. The third-order valence-electron chi connectivity index (χ3n) is 5.49. The summed E-state index contributed by atoms with van der Waals surface area (Å²) in [5.41, 5.74) is -0.337. The molecule has 10 heteroatoms. The summed E-state index contributed by atoms with van der Waals surface area (Å²) in [7, 11) is 3.35. The van der Waals surface area contributed by atoms with Crippen LogP contribution >= 0.6 is 12.2 Å². The van der Waals surface area contributed by atoms with Crippen LogP contribution in [0, 0.1) is 11.7 Å². The minimum Gasteiger partial charge on any atom is -0.465 e. The smallest absolute Gasteiger partial charge is 0.408 e. The van der Waals surface area contributed by atoms with E-state index in [0.717, 1.165) is 0 Å². The van der Waals surface area contributed by atoms with Crippen molar-refractivity contribution < 1.29 is 23.9 Å². The Morgan fingerprint density at radius 3 is 2.22 bits per heavy atom. The molecule has 1 aromatic rings. The topological polar surface area (TPSA) is 102 Å². The van der Waals surface area contributed by atoms with E-state index < -0.39 is 35.4 Å². The summed E-state index contributed by atoms with van der Waals surface area (Å²) in [6.07, 6.45) is 0.235. The summed E-state index contributed by atoms with van der Waals surface area (Å²) in [4.78, 5) is 40.0. The van der Waals surface area contributed by atoms with Crippen molar-refractivity contribution >= 4 is 40.8 Å². The van der Waals surface area contributed by atoms with Crippen LogP contribution in [0.5, 0.6) is 0 Å². The van der Waals surface area contributed by atoms with Crippen molar-refractivity contribution in [1.29, 1.82) is 0 Å². The zero-order chi connectivity index (χ0) is 24.2. The summed E-state index contributed by atoms with van der Waals surface area (Å²) < 4.78 is 13.1. The predicted molar refractivity (Wildman–Crippen MR) is 124 cm³/mol. The second-order valence-corrected chi connectivity index (χ2v) is 9.58. The molecule has 0 heterocycles. The quantitative estimate of drug-likeness (QED) is 0.590. The number of hydrogen-bond donors (Lipinski definition) is 3. The predicted octanol–water partition coefficient (Wildman–Crippen LogP) is 3.09. The first kappa shape index (κ1) is 25.5. The summed E-state index contributed by atoms with van der Waals surface area (Å²) in [6, 6.07) is 4.28. The number of thiocarbonyl (C=S) groups is 1. The molecule has 0 bridgehead atoms. The van der Waals surface area contributed by atoms with Crippen LogP contribution < -0.4 is 10.6 Å². The van der Waals surface area contributed by atoms with Crippen molar-refractivity contribution in [3.05, 3.63) is 30.1 Å². The largest absolute Gasteiger partial charge is 0.465 e. The van der Waals surface area contributed by atoms with Crippen LogP contribution in [-0.2, 0) is 9.59 Å². The molecule has 3 atom stereocenters. The number of halogens is 1. The van der Waals surface area contributed by atoms with Crippen molar-refractivity contribution in [3.8, 4) is 0 Å². The number of nitrogens with one attached hydrogen (secondary N) is 2. The van der Waals surface area contributed by atoms with E-state index in [0.29, 0.717) is 24.9 Å². The minimum absolute atomic E-state index is 0.0515. The van der Waals surface area contributed by atoms with E-state index in [1.54, 1.807) is 34.9 Å². The molecule has 8 nitrogen and oxygen atoms in total. The highest BCUT2D eigenvalue weighted by Crippen LogP contribution is 2.33. The molecular weight excluding hydrogens is 435 g/mol. The third-order valence-corrected chi connectivity index (χ3v) is 5.80. The van der Waals surface area contributed by atoms with E-state index in [-0.39, 0.29) is 16.8 Å². The van der Waals surface area contributed by atoms with Gasteiger partial charge < -0.3 is 20.6 Å². The van der Waals surface area contributed by atoms with Gasteiger partial charge in [-0.3, -0.25) is 14.5 Å². The molecule has 32 heavy (non-hydrogen) atoms. The highest BCUT2D eigenvalue weighted by atomic mass is 32.1. The molecule has 3 amide bonds. The van der Waals surface area contributed by atoms with E-state index in [4.69, 9.17) is 12.2 Å². The average molecular weight is 467 g/mol. The normalized spacial score (nSPS) is 20.8. The van der Waals surface area contributed by atoms with Crippen LogP contribution in [-0.4, -0.2) is 69.5 Å². The van der Waals surface area contributed by atoms with Crippen molar-refractivity contribution in [3.63, 3.8) is 0 Å².